The summed E-state index contributed by atoms with van der Waals surface area (Å²) in [6, 6.07) is 4.46. The Hall–Kier alpha value is -1.42. The molecule has 4 nitrogen and oxygen atoms in total. The summed E-state index contributed by atoms with van der Waals surface area (Å²) in [6.07, 6.45) is 8.28. The third kappa shape index (κ3) is 2.12. The minimum absolute atomic E-state index is 0.0375. The van der Waals surface area contributed by atoms with Crippen LogP contribution in [0.2, 0.25) is 0 Å². The first-order valence-electron chi connectivity index (χ1n) is 6.74. The van der Waals surface area contributed by atoms with Gasteiger partial charge in [-0.3, -0.25) is 9.78 Å². The Balaban J connectivity index is 1.96. The predicted molar refractivity (Wildman–Crippen MR) is 68.7 cm³/mol. The van der Waals surface area contributed by atoms with Gasteiger partial charge in [0.25, 0.3) is 0 Å². The average Bonchev–Trinajstić information content (AvgIpc) is 3.20. The molecule has 4 heteroatoms. The van der Waals surface area contributed by atoms with Crippen LogP contribution in [0.25, 0.3) is 0 Å². The molecule has 0 radical (unpaired) electrons. The Morgan fingerprint density at radius 3 is 2.61 bits per heavy atom. The molecule has 18 heavy (non-hydrogen) atoms. The summed E-state index contributed by atoms with van der Waals surface area (Å²) in [5, 5.41) is 0. The van der Waals surface area contributed by atoms with E-state index in [-0.39, 0.29) is 18.0 Å². The second-order valence-corrected chi connectivity index (χ2v) is 5.31. The van der Waals surface area contributed by atoms with Crippen LogP contribution in [-0.4, -0.2) is 27.9 Å². The zero-order valence-corrected chi connectivity index (χ0v) is 10.5. The van der Waals surface area contributed by atoms with E-state index in [2.05, 4.69) is 4.98 Å². The van der Waals surface area contributed by atoms with Crippen LogP contribution in [0.3, 0.4) is 0 Å². The van der Waals surface area contributed by atoms with Gasteiger partial charge in [0.15, 0.2) is 0 Å². The molecule has 1 aromatic heterocycles. The van der Waals surface area contributed by atoms with Crippen molar-refractivity contribution in [1.82, 2.24) is 9.88 Å². The van der Waals surface area contributed by atoms with Crippen molar-refractivity contribution in [3.63, 3.8) is 0 Å². The highest BCUT2D eigenvalue weighted by Gasteiger charge is 2.41. The molecule has 2 N–H and O–H groups in total. The standard InChI is InChI=1S/C14H19N3O/c15-12-2-1-3-13(18)17(11-4-5-11)14(12)10-6-8-16-9-7-10/h6-9,11-12,14H,1-5,15H2. The smallest absolute Gasteiger partial charge is 0.223 e. The second-order valence-electron chi connectivity index (χ2n) is 5.31. The van der Waals surface area contributed by atoms with Crippen molar-refractivity contribution in [3.8, 4) is 0 Å². The van der Waals surface area contributed by atoms with Crippen molar-refractivity contribution in [2.75, 3.05) is 0 Å². The van der Waals surface area contributed by atoms with E-state index in [4.69, 9.17) is 5.73 Å². The zero-order valence-electron chi connectivity index (χ0n) is 10.5. The van der Waals surface area contributed by atoms with Crippen LogP contribution in [-0.2, 0) is 4.79 Å². The van der Waals surface area contributed by atoms with Crippen molar-refractivity contribution in [2.45, 2.75) is 50.2 Å². The van der Waals surface area contributed by atoms with Crippen molar-refractivity contribution in [2.24, 2.45) is 5.73 Å². The van der Waals surface area contributed by atoms with Gasteiger partial charge in [-0.1, -0.05) is 0 Å². The van der Waals surface area contributed by atoms with Gasteiger partial charge in [0.1, 0.15) is 0 Å². The van der Waals surface area contributed by atoms with Crippen LogP contribution in [0.5, 0.6) is 0 Å². The monoisotopic (exact) mass is 245 g/mol. The number of pyridine rings is 1. The number of carbonyl (C=O) groups excluding carboxylic acids is 1. The van der Waals surface area contributed by atoms with Gasteiger partial charge >= 0.3 is 0 Å². The first kappa shape index (κ1) is 11.7. The number of amides is 1. The Morgan fingerprint density at radius 1 is 1.22 bits per heavy atom. The number of aromatic nitrogens is 1. The predicted octanol–water partition coefficient (Wildman–Crippen LogP) is 1.62. The maximum absolute atomic E-state index is 12.3. The first-order chi connectivity index (χ1) is 8.77. The number of hydrogen-bond acceptors (Lipinski definition) is 3. The lowest BCUT2D eigenvalue weighted by atomic mass is 9.97. The van der Waals surface area contributed by atoms with Gasteiger partial charge in [0.05, 0.1) is 6.04 Å². The van der Waals surface area contributed by atoms with Crippen molar-refractivity contribution in [3.05, 3.63) is 30.1 Å². The molecule has 1 amide bonds. The quantitative estimate of drug-likeness (QED) is 0.861. The van der Waals surface area contributed by atoms with E-state index in [0.29, 0.717) is 12.5 Å². The normalized spacial score (nSPS) is 29.2. The molecule has 3 rings (SSSR count). The molecule has 1 aliphatic carbocycles. The fourth-order valence-corrected chi connectivity index (χ4v) is 2.89. The molecule has 0 aromatic carbocycles. The average molecular weight is 245 g/mol. The summed E-state index contributed by atoms with van der Waals surface area (Å²) < 4.78 is 0. The Bertz CT molecular complexity index is 430. The maximum Gasteiger partial charge on any atom is 0.223 e. The van der Waals surface area contributed by atoms with E-state index in [1.807, 2.05) is 17.0 Å². The van der Waals surface area contributed by atoms with E-state index in [0.717, 1.165) is 31.2 Å². The Morgan fingerprint density at radius 2 is 1.94 bits per heavy atom. The topological polar surface area (TPSA) is 59.2 Å². The molecular formula is C14H19N3O. The summed E-state index contributed by atoms with van der Waals surface area (Å²) in [7, 11) is 0. The van der Waals surface area contributed by atoms with Crippen LogP contribution in [0.1, 0.15) is 43.7 Å². The van der Waals surface area contributed by atoms with Gasteiger partial charge in [0, 0.05) is 30.9 Å². The highest BCUT2D eigenvalue weighted by atomic mass is 16.2. The summed E-state index contributed by atoms with van der Waals surface area (Å²) in [4.78, 5) is 18.4. The van der Waals surface area contributed by atoms with E-state index < -0.39 is 0 Å². The number of hydrogen-bond donors (Lipinski definition) is 1. The SMILES string of the molecule is NC1CCCC(=O)N(C2CC2)C1c1ccncc1. The lowest BCUT2D eigenvalue weighted by Crippen LogP contribution is -2.43. The summed E-state index contributed by atoms with van der Waals surface area (Å²) in [6.45, 7) is 0. The van der Waals surface area contributed by atoms with E-state index >= 15 is 0 Å². The fraction of sp³-hybridized carbons (Fsp3) is 0.571. The zero-order chi connectivity index (χ0) is 12.5. The van der Waals surface area contributed by atoms with E-state index in [1.165, 1.54) is 0 Å². The van der Waals surface area contributed by atoms with Gasteiger partial charge in [-0.2, -0.15) is 0 Å². The molecule has 1 saturated heterocycles. The third-order valence-corrected chi connectivity index (χ3v) is 3.91. The lowest BCUT2D eigenvalue weighted by molar-refractivity contribution is -0.133. The van der Waals surface area contributed by atoms with Crippen LogP contribution in [0.4, 0.5) is 0 Å². The Labute approximate surface area is 107 Å². The molecule has 1 aromatic rings. The Kier molecular flexibility index (Phi) is 3.04. The molecule has 96 valence electrons. The molecule has 2 heterocycles. The molecule has 1 aliphatic heterocycles. The highest BCUT2D eigenvalue weighted by Crippen LogP contribution is 2.38. The van der Waals surface area contributed by atoms with Gasteiger partial charge in [-0.25, -0.2) is 0 Å². The number of rotatable bonds is 2. The lowest BCUT2D eigenvalue weighted by Gasteiger charge is -2.34. The highest BCUT2D eigenvalue weighted by molar-refractivity contribution is 5.78. The van der Waals surface area contributed by atoms with Crippen molar-refractivity contribution >= 4 is 5.91 Å². The van der Waals surface area contributed by atoms with Gasteiger partial charge in [0.2, 0.25) is 5.91 Å². The van der Waals surface area contributed by atoms with Gasteiger partial charge in [-0.05, 0) is 43.4 Å². The molecule has 2 fully saturated rings. The van der Waals surface area contributed by atoms with Gasteiger partial charge in [-0.15, -0.1) is 0 Å². The minimum Gasteiger partial charge on any atom is -0.331 e. The van der Waals surface area contributed by atoms with Crippen LogP contribution in [0, 0.1) is 0 Å². The van der Waals surface area contributed by atoms with Crippen LogP contribution < -0.4 is 5.73 Å². The number of nitrogens with two attached hydrogens (primary N) is 1. The summed E-state index contributed by atoms with van der Waals surface area (Å²) >= 11 is 0. The minimum atomic E-state index is 0.0375. The largest absolute Gasteiger partial charge is 0.331 e. The third-order valence-electron chi connectivity index (χ3n) is 3.91. The molecule has 2 aliphatic rings. The van der Waals surface area contributed by atoms with Crippen LogP contribution in [0.15, 0.2) is 24.5 Å². The first-order valence-corrected chi connectivity index (χ1v) is 6.74. The van der Waals surface area contributed by atoms with Gasteiger partial charge < -0.3 is 10.6 Å². The summed E-state index contributed by atoms with van der Waals surface area (Å²) in [5.41, 5.74) is 7.44. The molecule has 2 unspecified atom stereocenters. The number of nitrogens with zero attached hydrogens (tertiary/aromatic N) is 2. The van der Waals surface area contributed by atoms with Crippen molar-refractivity contribution < 1.29 is 4.79 Å². The van der Waals surface area contributed by atoms with E-state index in [9.17, 15) is 4.79 Å². The molecule has 0 bridgehead atoms. The molecule has 2 atom stereocenters. The van der Waals surface area contributed by atoms with Crippen LogP contribution >= 0.6 is 0 Å². The van der Waals surface area contributed by atoms with E-state index in [1.54, 1.807) is 12.4 Å². The fourth-order valence-electron chi connectivity index (χ4n) is 2.89. The van der Waals surface area contributed by atoms with Crippen molar-refractivity contribution in [1.29, 1.82) is 0 Å². The molecule has 1 saturated carbocycles. The number of carbonyl (C=O) groups is 1. The second kappa shape index (κ2) is 4.69. The summed E-state index contributed by atoms with van der Waals surface area (Å²) in [5.74, 6) is 0.271. The molecule has 0 spiro atoms. The molecular weight excluding hydrogens is 226 g/mol. The number of likely N-dealkylation sites (tertiary alicyclic amines) is 1. The maximum atomic E-state index is 12.3.